The Kier molecular flexibility index (Phi) is 3.81. The Labute approximate surface area is 85.3 Å². The zero-order valence-corrected chi connectivity index (χ0v) is 8.50. The Bertz CT molecular complexity index is 350. The van der Waals surface area contributed by atoms with Crippen molar-refractivity contribution in [2.24, 2.45) is 0 Å². The Hall–Kier alpha value is -0.980. The smallest absolute Gasteiger partial charge is 0.129 e. The van der Waals surface area contributed by atoms with Gasteiger partial charge in [0.1, 0.15) is 5.75 Å². The van der Waals surface area contributed by atoms with Crippen molar-refractivity contribution in [1.82, 2.24) is 0 Å². The first-order chi connectivity index (χ1) is 6.24. The molecule has 0 aromatic heterocycles. The molecule has 0 heterocycles. The van der Waals surface area contributed by atoms with Crippen molar-refractivity contribution >= 4 is 15.9 Å². The van der Waals surface area contributed by atoms with Crippen LogP contribution in [0.2, 0.25) is 0 Å². The minimum atomic E-state index is 0.0756. The van der Waals surface area contributed by atoms with Gasteiger partial charge in [-0.3, -0.25) is 0 Å². The van der Waals surface area contributed by atoms with E-state index in [1.165, 1.54) is 0 Å². The molecule has 68 valence electrons. The van der Waals surface area contributed by atoms with Gasteiger partial charge >= 0.3 is 0 Å². The summed E-state index contributed by atoms with van der Waals surface area (Å²) in [4.78, 5) is 0. The fourth-order valence-electron chi connectivity index (χ4n) is 0.805. The van der Waals surface area contributed by atoms with Gasteiger partial charge in [-0.2, -0.15) is 0 Å². The normalized spacial score (nSPS) is 9.08. The Morgan fingerprint density at radius 2 is 2.15 bits per heavy atom. The fourth-order valence-corrected chi connectivity index (χ4v) is 1.18. The molecule has 0 aliphatic carbocycles. The van der Waals surface area contributed by atoms with Gasteiger partial charge in [-0.25, -0.2) is 0 Å². The lowest BCUT2D eigenvalue weighted by molar-refractivity contribution is 0.305. The summed E-state index contributed by atoms with van der Waals surface area (Å²) in [5.41, 5.74) is 0.818. The van der Waals surface area contributed by atoms with Gasteiger partial charge in [-0.05, 0) is 34.1 Å². The molecule has 0 radical (unpaired) electrons. The van der Waals surface area contributed by atoms with Crippen molar-refractivity contribution in [2.75, 3.05) is 6.61 Å². The summed E-state index contributed by atoms with van der Waals surface area (Å²) in [6.07, 6.45) is 0.471. The van der Waals surface area contributed by atoms with E-state index in [0.717, 1.165) is 5.56 Å². The molecule has 0 atom stereocenters. The van der Waals surface area contributed by atoms with E-state index in [1.54, 1.807) is 18.2 Å². The van der Waals surface area contributed by atoms with Crippen LogP contribution in [0.15, 0.2) is 22.7 Å². The Morgan fingerprint density at radius 1 is 1.38 bits per heavy atom. The molecule has 0 saturated heterocycles. The van der Waals surface area contributed by atoms with Crippen molar-refractivity contribution < 1.29 is 10.2 Å². The van der Waals surface area contributed by atoms with Crippen LogP contribution in [0.4, 0.5) is 0 Å². The lowest BCUT2D eigenvalue weighted by atomic mass is 10.2. The number of aromatic hydroxyl groups is 1. The molecule has 0 amide bonds. The van der Waals surface area contributed by atoms with Crippen LogP contribution in [0, 0.1) is 11.8 Å². The van der Waals surface area contributed by atoms with Gasteiger partial charge < -0.3 is 10.2 Å². The molecule has 3 heteroatoms. The first-order valence-electron chi connectivity index (χ1n) is 3.82. The van der Waals surface area contributed by atoms with Crippen molar-refractivity contribution in [2.45, 2.75) is 6.42 Å². The third-order valence-electron chi connectivity index (χ3n) is 1.42. The van der Waals surface area contributed by atoms with Gasteiger partial charge in [0, 0.05) is 12.0 Å². The fraction of sp³-hybridized carbons (Fsp3) is 0.200. The molecule has 1 aromatic carbocycles. The van der Waals surface area contributed by atoms with Crippen molar-refractivity contribution in [1.29, 1.82) is 0 Å². The van der Waals surface area contributed by atoms with Crippen LogP contribution >= 0.6 is 15.9 Å². The minimum Gasteiger partial charge on any atom is -0.507 e. The Balaban J connectivity index is 2.81. The molecule has 0 aliphatic heterocycles. The predicted molar refractivity (Wildman–Crippen MR) is 54.4 cm³/mol. The molecule has 13 heavy (non-hydrogen) atoms. The molecule has 2 nitrogen and oxygen atoms in total. The van der Waals surface area contributed by atoms with E-state index < -0.39 is 0 Å². The van der Waals surface area contributed by atoms with Gasteiger partial charge in [-0.15, -0.1) is 0 Å². The highest BCUT2D eigenvalue weighted by atomic mass is 79.9. The summed E-state index contributed by atoms with van der Waals surface area (Å²) in [7, 11) is 0. The van der Waals surface area contributed by atoms with Gasteiger partial charge in [-0.1, -0.05) is 11.8 Å². The van der Waals surface area contributed by atoms with Crippen LogP contribution in [0.5, 0.6) is 5.75 Å². The highest BCUT2D eigenvalue weighted by Gasteiger charge is 1.96. The summed E-state index contributed by atoms with van der Waals surface area (Å²) >= 11 is 3.19. The third kappa shape index (κ3) is 3.10. The van der Waals surface area contributed by atoms with E-state index in [4.69, 9.17) is 5.11 Å². The van der Waals surface area contributed by atoms with E-state index in [0.29, 0.717) is 10.9 Å². The average molecular weight is 241 g/mol. The SMILES string of the molecule is OCCC#Cc1ccc(O)c(Br)c1. The van der Waals surface area contributed by atoms with E-state index in [2.05, 4.69) is 27.8 Å². The number of rotatable bonds is 1. The minimum absolute atomic E-state index is 0.0756. The number of hydrogen-bond donors (Lipinski definition) is 2. The highest BCUT2D eigenvalue weighted by molar-refractivity contribution is 9.10. The van der Waals surface area contributed by atoms with Gasteiger partial charge in [0.05, 0.1) is 11.1 Å². The molecule has 0 unspecified atom stereocenters. The summed E-state index contributed by atoms with van der Waals surface area (Å²) in [6, 6.07) is 5.04. The second kappa shape index (κ2) is 4.90. The largest absolute Gasteiger partial charge is 0.507 e. The lowest BCUT2D eigenvalue weighted by Gasteiger charge is -1.95. The number of aliphatic hydroxyl groups excluding tert-OH is 1. The molecular formula is C10H9BrO2. The van der Waals surface area contributed by atoms with Crippen LogP contribution in [-0.4, -0.2) is 16.8 Å². The maximum absolute atomic E-state index is 9.18. The number of phenols is 1. The summed E-state index contributed by atoms with van der Waals surface area (Å²) in [6.45, 7) is 0.0756. The zero-order chi connectivity index (χ0) is 9.68. The molecule has 0 bridgehead atoms. The number of halogens is 1. The average Bonchev–Trinajstić information content (AvgIpc) is 2.12. The standard InChI is InChI=1S/C10H9BrO2/c11-9-7-8(3-1-2-6-12)4-5-10(9)13/h4-5,7,12-13H,2,6H2. The highest BCUT2D eigenvalue weighted by Crippen LogP contribution is 2.23. The van der Waals surface area contributed by atoms with E-state index >= 15 is 0 Å². The lowest BCUT2D eigenvalue weighted by Crippen LogP contribution is -1.78. The van der Waals surface area contributed by atoms with Gasteiger partial charge in [0.2, 0.25) is 0 Å². The van der Waals surface area contributed by atoms with Crippen molar-refractivity contribution in [3.63, 3.8) is 0 Å². The molecule has 0 saturated carbocycles. The molecule has 1 aromatic rings. The van der Waals surface area contributed by atoms with Crippen LogP contribution in [-0.2, 0) is 0 Å². The molecule has 0 fully saturated rings. The first kappa shape index (κ1) is 10.1. The maximum Gasteiger partial charge on any atom is 0.129 e. The van der Waals surface area contributed by atoms with Gasteiger partial charge in [0.15, 0.2) is 0 Å². The number of aliphatic hydroxyl groups is 1. The molecule has 0 spiro atoms. The van der Waals surface area contributed by atoms with Gasteiger partial charge in [0.25, 0.3) is 0 Å². The molecular weight excluding hydrogens is 232 g/mol. The number of benzene rings is 1. The zero-order valence-electron chi connectivity index (χ0n) is 6.92. The second-order valence-corrected chi connectivity index (χ2v) is 3.30. The predicted octanol–water partition coefficient (Wildman–Crippen LogP) is 1.89. The summed E-state index contributed by atoms with van der Waals surface area (Å²) in [5.74, 6) is 5.86. The molecule has 1 rings (SSSR count). The van der Waals surface area contributed by atoms with Crippen LogP contribution in [0.3, 0.4) is 0 Å². The van der Waals surface area contributed by atoms with Crippen LogP contribution in [0.1, 0.15) is 12.0 Å². The van der Waals surface area contributed by atoms with Crippen LogP contribution < -0.4 is 0 Å². The molecule has 2 N–H and O–H groups in total. The monoisotopic (exact) mass is 240 g/mol. The first-order valence-corrected chi connectivity index (χ1v) is 4.61. The second-order valence-electron chi connectivity index (χ2n) is 2.44. The molecule has 0 aliphatic rings. The van der Waals surface area contributed by atoms with Crippen molar-refractivity contribution in [3.8, 4) is 17.6 Å². The van der Waals surface area contributed by atoms with E-state index in [-0.39, 0.29) is 12.4 Å². The van der Waals surface area contributed by atoms with Crippen LogP contribution in [0.25, 0.3) is 0 Å². The van der Waals surface area contributed by atoms with E-state index in [1.807, 2.05) is 0 Å². The van der Waals surface area contributed by atoms with E-state index in [9.17, 15) is 5.11 Å². The van der Waals surface area contributed by atoms with Crippen molar-refractivity contribution in [3.05, 3.63) is 28.2 Å². The number of phenolic OH excluding ortho intramolecular Hbond substituents is 1. The number of hydrogen-bond acceptors (Lipinski definition) is 2. The Morgan fingerprint density at radius 3 is 2.77 bits per heavy atom. The quantitative estimate of drug-likeness (QED) is 0.737. The third-order valence-corrected chi connectivity index (χ3v) is 2.05. The summed E-state index contributed by atoms with van der Waals surface area (Å²) < 4.78 is 0.628. The topological polar surface area (TPSA) is 40.5 Å². The maximum atomic E-state index is 9.18. The summed E-state index contributed by atoms with van der Waals surface area (Å²) in [5, 5.41) is 17.7.